The number of aryl methyl sites for hydroxylation is 2. The van der Waals surface area contributed by atoms with E-state index in [0.717, 1.165) is 21.8 Å². The molecule has 1 aromatic heterocycles. The summed E-state index contributed by atoms with van der Waals surface area (Å²) in [6.07, 6.45) is 1.02. The maximum atomic E-state index is 12.7. The van der Waals surface area contributed by atoms with Crippen LogP contribution < -0.4 is 5.32 Å². The predicted molar refractivity (Wildman–Crippen MR) is 75.8 cm³/mol. The summed E-state index contributed by atoms with van der Waals surface area (Å²) >= 11 is 3.47. The fourth-order valence-electron chi connectivity index (χ4n) is 1.72. The van der Waals surface area contributed by atoms with Gasteiger partial charge < -0.3 is 5.32 Å². The molecule has 5 heteroatoms. The van der Waals surface area contributed by atoms with Crippen LogP contribution in [0.25, 0.3) is 0 Å². The highest BCUT2D eigenvalue weighted by Gasteiger charge is 2.09. The molecule has 1 amide bonds. The van der Waals surface area contributed by atoms with Crippen molar-refractivity contribution < 1.29 is 9.18 Å². The molecule has 1 N–H and O–H groups in total. The molecule has 0 aliphatic carbocycles. The number of carbonyl (C=O) groups is 1. The van der Waals surface area contributed by atoms with Crippen LogP contribution in [0.4, 0.5) is 10.1 Å². The third-order valence-corrected chi connectivity index (χ3v) is 3.91. The Morgan fingerprint density at radius 2 is 1.89 bits per heavy atom. The first-order valence-corrected chi connectivity index (χ1v) is 6.46. The molecule has 0 fully saturated rings. The molecule has 0 saturated heterocycles. The van der Waals surface area contributed by atoms with Gasteiger partial charge in [0, 0.05) is 10.2 Å². The van der Waals surface area contributed by atoms with Crippen LogP contribution in [-0.2, 0) is 0 Å². The van der Waals surface area contributed by atoms with Gasteiger partial charge in [-0.1, -0.05) is 15.9 Å². The molecule has 1 aromatic carbocycles. The maximum absolute atomic E-state index is 12.7. The van der Waals surface area contributed by atoms with Crippen LogP contribution in [0.2, 0.25) is 0 Å². The van der Waals surface area contributed by atoms with E-state index in [1.165, 1.54) is 12.1 Å². The molecule has 0 aliphatic heterocycles. The van der Waals surface area contributed by atoms with E-state index in [2.05, 4.69) is 26.2 Å². The third-order valence-electron chi connectivity index (χ3n) is 2.65. The summed E-state index contributed by atoms with van der Waals surface area (Å²) in [6.45, 7) is 3.89. The maximum Gasteiger partial charge on any atom is 0.274 e. The van der Waals surface area contributed by atoms with Crippen molar-refractivity contribution in [3.63, 3.8) is 0 Å². The Kier molecular flexibility index (Phi) is 3.95. The Morgan fingerprint density at radius 1 is 1.26 bits per heavy atom. The van der Waals surface area contributed by atoms with Gasteiger partial charge in [0.1, 0.15) is 11.5 Å². The van der Waals surface area contributed by atoms with Crippen molar-refractivity contribution in [1.82, 2.24) is 4.98 Å². The number of halogens is 2. The first kappa shape index (κ1) is 13.7. The second-order valence-electron chi connectivity index (χ2n) is 4.24. The van der Waals surface area contributed by atoms with E-state index in [1.807, 2.05) is 26.0 Å². The van der Waals surface area contributed by atoms with E-state index in [-0.39, 0.29) is 11.6 Å². The average molecular weight is 323 g/mol. The highest BCUT2D eigenvalue weighted by atomic mass is 79.9. The van der Waals surface area contributed by atoms with E-state index in [0.29, 0.717) is 5.69 Å². The summed E-state index contributed by atoms with van der Waals surface area (Å²) in [4.78, 5) is 15.7. The summed E-state index contributed by atoms with van der Waals surface area (Å²) in [7, 11) is 0. The predicted octanol–water partition coefficient (Wildman–Crippen LogP) is 3.85. The zero-order valence-electron chi connectivity index (χ0n) is 10.5. The summed E-state index contributed by atoms with van der Waals surface area (Å²) in [6, 6.07) is 6.28. The summed E-state index contributed by atoms with van der Waals surface area (Å²) in [5, 5.41) is 2.74. The van der Waals surface area contributed by atoms with E-state index >= 15 is 0 Å². The largest absolute Gasteiger partial charge is 0.321 e. The fourth-order valence-corrected chi connectivity index (χ4v) is 1.95. The van der Waals surface area contributed by atoms with Crippen molar-refractivity contribution in [1.29, 1.82) is 0 Å². The Bertz CT molecular complexity index is 603. The highest BCUT2D eigenvalue weighted by molar-refractivity contribution is 9.10. The Labute approximate surface area is 119 Å². The van der Waals surface area contributed by atoms with Gasteiger partial charge in [-0.2, -0.15) is 0 Å². The molecule has 1 heterocycles. The monoisotopic (exact) mass is 322 g/mol. The van der Waals surface area contributed by atoms with Crippen molar-refractivity contribution in [2.45, 2.75) is 13.8 Å². The van der Waals surface area contributed by atoms with Crippen LogP contribution in [0.15, 0.2) is 34.9 Å². The quantitative estimate of drug-likeness (QED) is 0.912. The smallest absolute Gasteiger partial charge is 0.274 e. The van der Waals surface area contributed by atoms with Crippen LogP contribution in [0, 0.1) is 19.7 Å². The number of hydrogen-bond donors (Lipinski definition) is 1. The van der Waals surface area contributed by atoms with Crippen LogP contribution >= 0.6 is 15.9 Å². The minimum absolute atomic E-state index is 0.180. The highest BCUT2D eigenvalue weighted by Crippen LogP contribution is 2.25. The molecule has 0 spiro atoms. The molecule has 0 aliphatic rings. The zero-order valence-corrected chi connectivity index (χ0v) is 12.1. The van der Waals surface area contributed by atoms with Gasteiger partial charge in [-0.25, -0.2) is 9.37 Å². The van der Waals surface area contributed by atoms with E-state index in [4.69, 9.17) is 0 Å². The normalized spacial score (nSPS) is 10.3. The second-order valence-corrected chi connectivity index (χ2v) is 5.03. The standard InChI is InChI=1S/C14H12BrFN2O/c1-8-5-11(6-9(2)13(8)15)18-14(19)12-4-3-10(16)7-17-12/h3-7H,1-2H3,(H,18,19). The number of amides is 1. The van der Waals surface area contributed by atoms with E-state index < -0.39 is 5.82 Å². The molecule has 19 heavy (non-hydrogen) atoms. The van der Waals surface area contributed by atoms with Gasteiger partial charge in [0.15, 0.2) is 0 Å². The summed E-state index contributed by atoms with van der Waals surface area (Å²) in [5.41, 5.74) is 2.93. The molecule has 0 radical (unpaired) electrons. The molecular weight excluding hydrogens is 311 g/mol. The SMILES string of the molecule is Cc1cc(NC(=O)c2ccc(F)cn2)cc(C)c1Br. The summed E-state index contributed by atoms with van der Waals surface area (Å²) < 4.78 is 13.7. The summed E-state index contributed by atoms with van der Waals surface area (Å²) in [5.74, 6) is -0.826. The van der Waals surface area contributed by atoms with Crippen molar-refractivity contribution in [3.05, 3.63) is 57.6 Å². The molecule has 2 rings (SSSR count). The molecule has 98 valence electrons. The van der Waals surface area contributed by atoms with Gasteiger partial charge in [0.25, 0.3) is 5.91 Å². The number of rotatable bonds is 2. The van der Waals surface area contributed by atoms with Crippen LogP contribution in [0.1, 0.15) is 21.6 Å². The van der Waals surface area contributed by atoms with Crippen molar-refractivity contribution >= 4 is 27.5 Å². The minimum atomic E-state index is -0.466. The minimum Gasteiger partial charge on any atom is -0.321 e. The first-order chi connectivity index (χ1) is 8.97. The Balaban J connectivity index is 2.22. The van der Waals surface area contributed by atoms with E-state index in [9.17, 15) is 9.18 Å². The molecule has 2 aromatic rings. The number of anilines is 1. The molecule has 3 nitrogen and oxygen atoms in total. The van der Waals surface area contributed by atoms with Crippen LogP contribution in [0.3, 0.4) is 0 Å². The van der Waals surface area contributed by atoms with Gasteiger partial charge in [-0.3, -0.25) is 4.79 Å². The molecule has 0 unspecified atom stereocenters. The lowest BCUT2D eigenvalue weighted by Gasteiger charge is -2.09. The lowest BCUT2D eigenvalue weighted by atomic mass is 10.1. The van der Waals surface area contributed by atoms with Crippen LogP contribution in [0.5, 0.6) is 0 Å². The first-order valence-electron chi connectivity index (χ1n) is 5.67. The second kappa shape index (κ2) is 5.48. The lowest BCUT2D eigenvalue weighted by molar-refractivity contribution is 0.102. The number of nitrogens with one attached hydrogen (secondary N) is 1. The Hall–Kier alpha value is -1.75. The fraction of sp³-hybridized carbons (Fsp3) is 0.143. The molecular formula is C14H12BrFN2O. The number of pyridine rings is 1. The Morgan fingerprint density at radius 3 is 2.42 bits per heavy atom. The van der Waals surface area contributed by atoms with Crippen LogP contribution in [-0.4, -0.2) is 10.9 Å². The van der Waals surface area contributed by atoms with Crippen molar-refractivity contribution in [2.24, 2.45) is 0 Å². The number of aromatic nitrogens is 1. The molecule has 0 atom stereocenters. The lowest BCUT2D eigenvalue weighted by Crippen LogP contribution is -2.13. The van der Waals surface area contributed by atoms with Gasteiger partial charge in [0.05, 0.1) is 6.20 Å². The van der Waals surface area contributed by atoms with Gasteiger partial charge in [0.2, 0.25) is 0 Å². The van der Waals surface area contributed by atoms with E-state index in [1.54, 1.807) is 0 Å². The molecule has 0 saturated carbocycles. The van der Waals surface area contributed by atoms with Gasteiger partial charge in [-0.15, -0.1) is 0 Å². The number of benzene rings is 1. The van der Waals surface area contributed by atoms with Crippen molar-refractivity contribution in [3.8, 4) is 0 Å². The van der Waals surface area contributed by atoms with Crippen molar-refractivity contribution in [2.75, 3.05) is 5.32 Å². The number of carbonyl (C=O) groups excluding carboxylic acids is 1. The van der Waals surface area contributed by atoms with Gasteiger partial charge >= 0.3 is 0 Å². The topological polar surface area (TPSA) is 42.0 Å². The number of hydrogen-bond acceptors (Lipinski definition) is 2. The third kappa shape index (κ3) is 3.17. The molecule has 0 bridgehead atoms. The average Bonchev–Trinajstić information content (AvgIpc) is 2.36. The van der Waals surface area contributed by atoms with Gasteiger partial charge in [-0.05, 0) is 49.2 Å². The zero-order chi connectivity index (χ0) is 14.0. The number of nitrogens with zero attached hydrogens (tertiary/aromatic N) is 1.